The SMILES string of the molecule is COc1cccc(-c2csc(NC(=O)C(Sc3ccc(NS(=O)(=O)c4ccccc4)cc3)c3ccccc3)n2)c1. The molecular formula is C30H25N3O4S3. The van der Waals surface area contributed by atoms with Gasteiger partial charge in [-0.05, 0) is 54.1 Å². The molecule has 1 atom stereocenters. The molecule has 1 amide bonds. The van der Waals surface area contributed by atoms with Gasteiger partial charge >= 0.3 is 0 Å². The van der Waals surface area contributed by atoms with E-state index in [1.807, 2.05) is 60.0 Å². The summed E-state index contributed by atoms with van der Waals surface area (Å²) in [5.74, 6) is 0.520. The number of thiazole rings is 1. The molecule has 0 bridgehead atoms. The predicted octanol–water partition coefficient (Wildman–Crippen LogP) is 7.09. The van der Waals surface area contributed by atoms with E-state index >= 15 is 0 Å². The fourth-order valence-corrected chi connectivity index (χ4v) is 6.70. The van der Waals surface area contributed by atoms with Crippen molar-refractivity contribution in [2.45, 2.75) is 15.0 Å². The van der Waals surface area contributed by atoms with Gasteiger partial charge in [-0.3, -0.25) is 9.52 Å². The van der Waals surface area contributed by atoms with Gasteiger partial charge in [0.1, 0.15) is 11.0 Å². The van der Waals surface area contributed by atoms with Crippen molar-refractivity contribution in [1.82, 2.24) is 4.98 Å². The molecule has 10 heteroatoms. The maximum Gasteiger partial charge on any atom is 0.261 e. The third-order valence-electron chi connectivity index (χ3n) is 5.85. The zero-order valence-corrected chi connectivity index (χ0v) is 23.8. The van der Waals surface area contributed by atoms with Gasteiger partial charge in [0.25, 0.3) is 10.0 Å². The number of thioether (sulfide) groups is 1. The van der Waals surface area contributed by atoms with Crippen LogP contribution in [-0.2, 0) is 14.8 Å². The number of nitrogens with one attached hydrogen (secondary N) is 2. The van der Waals surface area contributed by atoms with Crippen LogP contribution in [0.5, 0.6) is 5.75 Å². The van der Waals surface area contributed by atoms with Crippen LogP contribution in [0, 0.1) is 0 Å². The summed E-state index contributed by atoms with van der Waals surface area (Å²) in [6.07, 6.45) is 0. The average Bonchev–Trinajstić information content (AvgIpc) is 3.46. The number of hydrogen-bond acceptors (Lipinski definition) is 7. The number of amides is 1. The normalized spacial score (nSPS) is 11.9. The minimum absolute atomic E-state index is 0.186. The molecule has 4 aromatic carbocycles. The van der Waals surface area contributed by atoms with Gasteiger partial charge in [0.05, 0.1) is 17.7 Å². The molecular weight excluding hydrogens is 563 g/mol. The minimum Gasteiger partial charge on any atom is -0.497 e. The van der Waals surface area contributed by atoms with Gasteiger partial charge < -0.3 is 10.1 Å². The second kappa shape index (κ2) is 12.4. The fourth-order valence-electron chi connectivity index (χ4n) is 3.87. The highest BCUT2D eigenvalue weighted by molar-refractivity contribution is 8.00. The Kier molecular flexibility index (Phi) is 8.49. The van der Waals surface area contributed by atoms with Crippen molar-refractivity contribution in [3.8, 4) is 17.0 Å². The summed E-state index contributed by atoms with van der Waals surface area (Å²) in [5.41, 5.74) is 2.91. The Morgan fingerprint density at radius 3 is 2.30 bits per heavy atom. The molecule has 0 saturated heterocycles. The predicted molar refractivity (Wildman–Crippen MR) is 161 cm³/mol. The average molecular weight is 588 g/mol. The molecule has 7 nitrogen and oxygen atoms in total. The lowest BCUT2D eigenvalue weighted by atomic mass is 10.1. The van der Waals surface area contributed by atoms with E-state index in [0.717, 1.165) is 27.5 Å². The lowest BCUT2D eigenvalue weighted by molar-refractivity contribution is -0.115. The number of methoxy groups -OCH3 is 1. The van der Waals surface area contributed by atoms with Crippen LogP contribution in [0.25, 0.3) is 11.3 Å². The molecule has 202 valence electrons. The number of anilines is 2. The van der Waals surface area contributed by atoms with Crippen molar-refractivity contribution < 1.29 is 17.9 Å². The largest absolute Gasteiger partial charge is 0.497 e. The molecule has 0 aliphatic carbocycles. The monoisotopic (exact) mass is 587 g/mol. The molecule has 0 radical (unpaired) electrons. The number of rotatable bonds is 10. The minimum atomic E-state index is -3.70. The fraction of sp³-hybridized carbons (Fsp3) is 0.0667. The molecule has 0 aliphatic heterocycles. The molecule has 2 N–H and O–H groups in total. The van der Waals surface area contributed by atoms with E-state index in [1.54, 1.807) is 49.6 Å². The summed E-state index contributed by atoms with van der Waals surface area (Å²) in [7, 11) is -2.08. The quantitative estimate of drug-likeness (QED) is 0.169. The Hall–Kier alpha value is -4.12. The van der Waals surface area contributed by atoms with Gasteiger partial charge in [-0.1, -0.05) is 60.7 Å². The van der Waals surface area contributed by atoms with Crippen molar-refractivity contribution in [3.63, 3.8) is 0 Å². The lowest BCUT2D eigenvalue weighted by Crippen LogP contribution is -2.19. The summed E-state index contributed by atoms with van der Waals surface area (Å²) in [5, 5.41) is 4.80. The summed E-state index contributed by atoms with van der Waals surface area (Å²) >= 11 is 2.72. The van der Waals surface area contributed by atoms with E-state index in [2.05, 4.69) is 15.0 Å². The first-order valence-corrected chi connectivity index (χ1v) is 15.5. The lowest BCUT2D eigenvalue weighted by Gasteiger charge is -2.16. The van der Waals surface area contributed by atoms with Crippen LogP contribution < -0.4 is 14.8 Å². The molecule has 1 heterocycles. The highest BCUT2D eigenvalue weighted by Gasteiger charge is 2.23. The zero-order chi connectivity index (χ0) is 28.0. The van der Waals surface area contributed by atoms with Crippen LogP contribution in [0.3, 0.4) is 0 Å². The third-order valence-corrected chi connectivity index (χ3v) is 9.28. The zero-order valence-electron chi connectivity index (χ0n) is 21.4. The second-order valence-corrected chi connectivity index (χ2v) is 12.3. The number of carbonyl (C=O) groups is 1. The van der Waals surface area contributed by atoms with Crippen LogP contribution in [0.4, 0.5) is 10.8 Å². The number of nitrogens with zero attached hydrogens (tertiary/aromatic N) is 1. The molecule has 1 aromatic heterocycles. The van der Waals surface area contributed by atoms with Crippen LogP contribution >= 0.6 is 23.1 Å². The van der Waals surface area contributed by atoms with Crippen LogP contribution in [-0.4, -0.2) is 26.4 Å². The van der Waals surface area contributed by atoms with Crippen molar-refractivity contribution in [1.29, 1.82) is 0 Å². The highest BCUT2D eigenvalue weighted by Crippen LogP contribution is 2.37. The maximum absolute atomic E-state index is 13.5. The Balaban J connectivity index is 1.31. The van der Waals surface area contributed by atoms with Gasteiger partial charge in [-0.2, -0.15) is 0 Å². The van der Waals surface area contributed by atoms with E-state index in [-0.39, 0.29) is 10.8 Å². The van der Waals surface area contributed by atoms with Crippen LogP contribution in [0.1, 0.15) is 10.8 Å². The number of benzene rings is 4. The first-order chi connectivity index (χ1) is 19.4. The van der Waals surface area contributed by atoms with Gasteiger partial charge in [0.15, 0.2) is 5.13 Å². The maximum atomic E-state index is 13.5. The molecule has 5 aromatic rings. The van der Waals surface area contributed by atoms with Crippen molar-refractivity contribution >= 4 is 49.8 Å². The number of carbonyl (C=O) groups excluding carboxylic acids is 1. The van der Waals surface area contributed by atoms with Gasteiger partial charge in [0.2, 0.25) is 5.91 Å². The topological polar surface area (TPSA) is 97.4 Å². The van der Waals surface area contributed by atoms with Crippen molar-refractivity contribution in [2.24, 2.45) is 0 Å². The molecule has 5 rings (SSSR count). The van der Waals surface area contributed by atoms with E-state index in [0.29, 0.717) is 10.8 Å². The number of hydrogen-bond donors (Lipinski definition) is 2. The third kappa shape index (κ3) is 6.71. The van der Waals surface area contributed by atoms with E-state index < -0.39 is 15.3 Å². The Morgan fingerprint density at radius 1 is 0.900 bits per heavy atom. The number of sulfonamides is 1. The molecule has 40 heavy (non-hydrogen) atoms. The van der Waals surface area contributed by atoms with E-state index in [4.69, 9.17) is 4.74 Å². The van der Waals surface area contributed by atoms with Crippen molar-refractivity contribution in [2.75, 3.05) is 17.1 Å². The van der Waals surface area contributed by atoms with Gasteiger partial charge in [-0.25, -0.2) is 13.4 Å². The number of aromatic nitrogens is 1. The molecule has 0 fully saturated rings. The molecule has 0 spiro atoms. The standard InChI is InChI=1S/C30H25N3O4S3/c1-37-24-12-8-11-22(19-24)27-20-38-30(31-27)32-29(34)28(21-9-4-2-5-10-21)39-25-17-15-23(16-18-25)33-40(35,36)26-13-6-3-7-14-26/h2-20,28,33H,1H3,(H,31,32,34). The highest BCUT2D eigenvalue weighted by atomic mass is 32.2. The van der Waals surface area contributed by atoms with E-state index in [9.17, 15) is 13.2 Å². The molecule has 0 saturated carbocycles. The summed E-state index contributed by atoms with van der Waals surface area (Å²) in [6, 6.07) is 32.2. The van der Waals surface area contributed by atoms with Crippen molar-refractivity contribution in [3.05, 3.63) is 120 Å². The number of ether oxygens (including phenoxy) is 1. The van der Waals surface area contributed by atoms with E-state index in [1.165, 1.54) is 35.2 Å². The first kappa shape index (κ1) is 27.4. The Labute approximate surface area is 241 Å². The van der Waals surface area contributed by atoms with Gasteiger partial charge in [-0.15, -0.1) is 23.1 Å². The van der Waals surface area contributed by atoms with Crippen LogP contribution in [0.2, 0.25) is 0 Å². The summed E-state index contributed by atoms with van der Waals surface area (Å²) in [4.78, 5) is 19.1. The van der Waals surface area contributed by atoms with Crippen LogP contribution in [0.15, 0.2) is 124 Å². The summed E-state index contributed by atoms with van der Waals surface area (Å²) in [6.45, 7) is 0. The summed E-state index contributed by atoms with van der Waals surface area (Å²) < 4.78 is 33.2. The Morgan fingerprint density at radius 2 is 1.60 bits per heavy atom. The smallest absolute Gasteiger partial charge is 0.261 e. The van der Waals surface area contributed by atoms with Gasteiger partial charge in [0, 0.05) is 21.5 Å². The second-order valence-electron chi connectivity index (χ2n) is 8.61. The first-order valence-electron chi connectivity index (χ1n) is 12.2. The Bertz CT molecular complexity index is 1690. The molecule has 0 aliphatic rings. The molecule has 1 unspecified atom stereocenters.